The molecule has 2 aliphatic heterocycles. The smallest absolute Gasteiger partial charge is 0.277 e. The van der Waals surface area contributed by atoms with Crippen molar-refractivity contribution in [2.24, 2.45) is 0 Å². The number of ether oxygens (including phenoxy) is 3. The Bertz CT molecular complexity index is 1320. The van der Waals surface area contributed by atoms with Crippen LogP contribution in [0.25, 0.3) is 11.3 Å². The van der Waals surface area contributed by atoms with Gasteiger partial charge in [0.1, 0.15) is 12.4 Å². The van der Waals surface area contributed by atoms with Crippen LogP contribution in [0.1, 0.15) is 35.8 Å². The SMILES string of the molecule is COc1c(Cl)cccc1Nc1c(-c2ccncc2OC[C@H]2OCCCC2(F)F)[nH]c2c1C(=O)N[C@H](C)C2. The number of hydrogen-bond donors (Lipinski definition) is 3. The second-order valence-corrected chi connectivity index (χ2v) is 9.57. The minimum atomic E-state index is -2.98. The summed E-state index contributed by atoms with van der Waals surface area (Å²) in [4.78, 5) is 20.6. The molecule has 4 heterocycles. The van der Waals surface area contributed by atoms with E-state index in [-0.39, 0.29) is 37.3 Å². The average Bonchev–Trinajstić information content (AvgIpc) is 3.21. The van der Waals surface area contributed by atoms with Crippen molar-refractivity contribution in [2.75, 3.05) is 25.6 Å². The van der Waals surface area contributed by atoms with Gasteiger partial charge in [-0.15, -0.1) is 0 Å². The van der Waals surface area contributed by atoms with Gasteiger partial charge < -0.3 is 29.8 Å². The van der Waals surface area contributed by atoms with Crippen LogP contribution in [0, 0.1) is 0 Å². The highest BCUT2D eigenvalue weighted by atomic mass is 35.5. The van der Waals surface area contributed by atoms with Gasteiger partial charge in [0, 0.05) is 42.9 Å². The molecule has 1 aromatic carbocycles. The van der Waals surface area contributed by atoms with Gasteiger partial charge in [-0.3, -0.25) is 9.78 Å². The number of benzene rings is 1. The normalized spacial score (nSPS) is 20.6. The summed E-state index contributed by atoms with van der Waals surface area (Å²) in [5.41, 5.74) is 3.31. The summed E-state index contributed by atoms with van der Waals surface area (Å²) in [6.07, 6.45) is 2.31. The van der Waals surface area contributed by atoms with E-state index in [4.69, 9.17) is 25.8 Å². The standard InChI is InChI=1S/C26H27ClF2N4O4/c1-14-11-18-21(25(34)31-14)23(32-17-6-3-5-16(27)24(17)35-2)22(33-18)15-7-9-30-12-19(15)37-13-20-26(28,29)8-4-10-36-20/h3,5-7,9,12,14,20,32-33H,4,8,10-11,13H2,1-2H3,(H,31,34)/t14-,20-/m1/s1. The Labute approximate surface area is 217 Å². The molecule has 0 radical (unpaired) electrons. The number of carbonyl (C=O) groups excluding carboxylic acids is 1. The van der Waals surface area contributed by atoms with Crippen LogP contribution < -0.4 is 20.1 Å². The molecule has 0 bridgehead atoms. The fourth-order valence-corrected chi connectivity index (χ4v) is 4.99. The van der Waals surface area contributed by atoms with Crippen LogP contribution in [0.15, 0.2) is 36.7 Å². The molecule has 11 heteroatoms. The first kappa shape index (κ1) is 25.3. The number of fused-ring (bicyclic) bond motifs is 1. The molecule has 0 unspecified atom stereocenters. The number of anilines is 2. The van der Waals surface area contributed by atoms with Crippen molar-refractivity contribution in [2.45, 2.75) is 44.3 Å². The summed E-state index contributed by atoms with van der Waals surface area (Å²) >= 11 is 6.33. The zero-order valence-corrected chi connectivity index (χ0v) is 21.1. The molecular weight excluding hydrogens is 506 g/mol. The summed E-state index contributed by atoms with van der Waals surface area (Å²) in [5.74, 6) is -2.53. The number of aromatic amines is 1. The lowest BCUT2D eigenvalue weighted by molar-refractivity contribution is -0.180. The monoisotopic (exact) mass is 532 g/mol. The molecule has 2 aliphatic rings. The Morgan fingerprint density at radius 2 is 2.16 bits per heavy atom. The van der Waals surface area contributed by atoms with Crippen molar-refractivity contribution in [1.82, 2.24) is 15.3 Å². The molecule has 0 aliphatic carbocycles. The zero-order chi connectivity index (χ0) is 26.2. The fraction of sp³-hybridized carbons (Fsp3) is 0.385. The van der Waals surface area contributed by atoms with Crippen molar-refractivity contribution in [3.63, 3.8) is 0 Å². The third-order valence-electron chi connectivity index (χ3n) is 6.51. The van der Waals surface area contributed by atoms with Gasteiger partial charge >= 0.3 is 0 Å². The Balaban J connectivity index is 1.56. The molecule has 3 aromatic rings. The molecule has 37 heavy (non-hydrogen) atoms. The van der Waals surface area contributed by atoms with E-state index in [2.05, 4.69) is 20.6 Å². The van der Waals surface area contributed by atoms with Crippen molar-refractivity contribution in [3.8, 4) is 22.8 Å². The third-order valence-corrected chi connectivity index (χ3v) is 6.81. The highest BCUT2D eigenvalue weighted by Crippen LogP contribution is 2.43. The maximum Gasteiger partial charge on any atom is 0.277 e. The quantitative estimate of drug-likeness (QED) is 0.379. The topological polar surface area (TPSA) is 97.5 Å². The second kappa shape index (κ2) is 10.2. The van der Waals surface area contributed by atoms with E-state index in [0.29, 0.717) is 51.8 Å². The summed E-state index contributed by atoms with van der Waals surface area (Å²) < 4.78 is 45.3. The largest absolute Gasteiger partial charge is 0.493 e. The molecule has 1 saturated heterocycles. The van der Waals surface area contributed by atoms with Crippen LogP contribution in [0.2, 0.25) is 5.02 Å². The van der Waals surface area contributed by atoms with Gasteiger partial charge in [0.25, 0.3) is 11.8 Å². The Morgan fingerprint density at radius 3 is 2.95 bits per heavy atom. The van der Waals surface area contributed by atoms with E-state index < -0.39 is 12.0 Å². The Hall–Kier alpha value is -3.37. The first-order chi connectivity index (χ1) is 17.8. The number of alkyl halides is 2. The number of pyridine rings is 1. The van der Waals surface area contributed by atoms with Crippen molar-refractivity contribution in [3.05, 3.63) is 52.9 Å². The summed E-state index contributed by atoms with van der Waals surface area (Å²) in [6, 6.07) is 6.88. The van der Waals surface area contributed by atoms with Crippen LogP contribution in [0.3, 0.4) is 0 Å². The molecule has 5 rings (SSSR count). The number of carbonyl (C=O) groups is 1. The van der Waals surface area contributed by atoms with E-state index in [9.17, 15) is 13.6 Å². The average molecular weight is 533 g/mol. The van der Waals surface area contributed by atoms with Crippen LogP contribution in [-0.4, -0.2) is 54.3 Å². The Kier molecular flexibility index (Phi) is 6.96. The minimum absolute atomic E-state index is 0.0705. The number of methoxy groups -OCH3 is 1. The predicted octanol–water partition coefficient (Wildman–Crippen LogP) is 5.35. The number of halogens is 3. The molecular formula is C26H27ClF2N4O4. The molecule has 0 saturated carbocycles. The molecule has 196 valence electrons. The minimum Gasteiger partial charge on any atom is -0.493 e. The highest BCUT2D eigenvalue weighted by Gasteiger charge is 2.43. The number of para-hydroxylation sites is 1. The van der Waals surface area contributed by atoms with Crippen molar-refractivity contribution >= 4 is 28.9 Å². The number of H-pyrrole nitrogens is 1. The van der Waals surface area contributed by atoms with E-state index in [1.807, 2.05) is 6.92 Å². The van der Waals surface area contributed by atoms with E-state index in [1.165, 1.54) is 13.3 Å². The zero-order valence-electron chi connectivity index (χ0n) is 20.4. The van der Waals surface area contributed by atoms with E-state index >= 15 is 0 Å². The predicted molar refractivity (Wildman–Crippen MR) is 135 cm³/mol. The van der Waals surface area contributed by atoms with Gasteiger partial charge in [-0.05, 0) is 31.5 Å². The van der Waals surface area contributed by atoms with Crippen LogP contribution in [0.5, 0.6) is 11.5 Å². The second-order valence-electron chi connectivity index (χ2n) is 9.16. The Morgan fingerprint density at radius 1 is 1.32 bits per heavy atom. The van der Waals surface area contributed by atoms with Crippen molar-refractivity contribution in [1.29, 1.82) is 0 Å². The first-order valence-corrected chi connectivity index (χ1v) is 12.4. The lowest BCUT2D eigenvalue weighted by Crippen LogP contribution is -2.44. The van der Waals surface area contributed by atoms with Crippen LogP contribution >= 0.6 is 11.6 Å². The first-order valence-electron chi connectivity index (χ1n) is 12.0. The molecule has 8 nitrogen and oxygen atoms in total. The number of hydrogen-bond acceptors (Lipinski definition) is 6. The molecule has 2 aromatic heterocycles. The number of rotatable bonds is 7. The number of nitrogens with one attached hydrogen (secondary N) is 3. The van der Waals surface area contributed by atoms with Gasteiger partial charge in [-0.25, -0.2) is 8.78 Å². The molecule has 1 fully saturated rings. The van der Waals surface area contributed by atoms with Gasteiger partial charge in [-0.2, -0.15) is 0 Å². The van der Waals surface area contributed by atoms with Gasteiger partial charge in [0.05, 0.1) is 41.0 Å². The summed E-state index contributed by atoms with van der Waals surface area (Å²) in [5, 5.41) is 6.67. The van der Waals surface area contributed by atoms with Crippen LogP contribution in [-0.2, 0) is 11.2 Å². The summed E-state index contributed by atoms with van der Waals surface area (Å²) in [7, 11) is 1.51. The van der Waals surface area contributed by atoms with Gasteiger partial charge in [0.2, 0.25) is 0 Å². The fourth-order valence-electron chi connectivity index (χ4n) is 4.74. The molecule has 0 spiro atoms. The lowest BCUT2D eigenvalue weighted by Gasteiger charge is -2.31. The third kappa shape index (κ3) is 4.95. The molecule has 3 N–H and O–H groups in total. The lowest BCUT2D eigenvalue weighted by atomic mass is 10.0. The van der Waals surface area contributed by atoms with Crippen molar-refractivity contribution < 1.29 is 27.8 Å². The summed E-state index contributed by atoms with van der Waals surface area (Å²) in [6.45, 7) is 1.84. The van der Waals surface area contributed by atoms with Crippen LogP contribution in [0.4, 0.5) is 20.2 Å². The van der Waals surface area contributed by atoms with E-state index in [1.54, 1.807) is 30.5 Å². The molecule has 2 atom stereocenters. The highest BCUT2D eigenvalue weighted by molar-refractivity contribution is 6.32. The maximum atomic E-state index is 14.3. The number of aromatic nitrogens is 2. The molecule has 1 amide bonds. The van der Waals surface area contributed by atoms with Gasteiger partial charge in [0.15, 0.2) is 11.9 Å². The maximum absolute atomic E-state index is 14.3. The number of amides is 1. The van der Waals surface area contributed by atoms with Gasteiger partial charge in [-0.1, -0.05) is 17.7 Å². The van der Waals surface area contributed by atoms with E-state index in [0.717, 1.165) is 5.69 Å². The number of nitrogens with zero attached hydrogens (tertiary/aromatic N) is 1.